The molecule has 35 heavy (non-hydrogen) atoms. The van der Waals surface area contributed by atoms with Crippen molar-refractivity contribution in [3.8, 4) is 0 Å². The molecule has 7 heteroatoms. The van der Waals surface area contributed by atoms with Crippen LogP contribution in [0.1, 0.15) is 41.5 Å². The molecule has 4 rings (SSSR count). The van der Waals surface area contributed by atoms with Gasteiger partial charge in [-0.25, -0.2) is 0 Å². The van der Waals surface area contributed by atoms with E-state index in [9.17, 15) is 5.11 Å². The molecule has 4 atom stereocenters. The van der Waals surface area contributed by atoms with Crippen molar-refractivity contribution in [2.24, 2.45) is 0 Å². The summed E-state index contributed by atoms with van der Waals surface area (Å²) in [6, 6.07) is 20.8. The maximum Gasteiger partial charge on any atom is 0.261 e. The zero-order valence-corrected chi connectivity index (χ0v) is 22.6. The van der Waals surface area contributed by atoms with Gasteiger partial charge in [0.05, 0.1) is 13.2 Å². The standard InChI is InChI=1S/C28H38O6Si/c1-8-30-20(2)28(29)25-24(33-27(6,7)34-25)23(32-28)19-31-35(26(3,4)5,21-15-11-9-12-16-21)22-17-13-10-14-18-22/h9-18,23-25,29H,2,8,19H2,1,3-7H3/t23-,24+,25+,28?/m1/s1. The highest BCUT2D eigenvalue weighted by atomic mass is 28.4. The van der Waals surface area contributed by atoms with Crippen molar-refractivity contribution in [1.82, 2.24) is 0 Å². The van der Waals surface area contributed by atoms with Crippen LogP contribution >= 0.6 is 0 Å². The first kappa shape index (κ1) is 26.1. The van der Waals surface area contributed by atoms with Crippen molar-refractivity contribution >= 4 is 18.7 Å². The first-order valence-corrected chi connectivity index (χ1v) is 14.2. The first-order chi connectivity index (χ1) is 16.4. The highest BCUT2D eigenvalue weighted by molar-refractivity contribution is 6.99. The van der Waals surface area contributed by atoms with Gasteiger partial charge in [-0.05, 0) is 36.2 Å². The highest BCUT2D eigenvalue weighted by Crippen LogP contribution is 2.46. The van der Waals surface area contributed by atoms with Gasteiger partial charge >= 0.3 is 0 Å². The molecule has 2 fully saturated rings. The molecule has 0 aliphatic carbocycles. The van der Waals surface area contributed by atoms with Crippen molar-refractivity contribution in [2.45, 2.75) is 76.5 Å². The zero-order valence-electron chi connectivity index (χ0n) is 21.6. The second-order valence-corrected chi connectivity index (χ2v) is 15.0. The molecule has 2 heterocycles. The topological polar surface area (TPSA) is 66.4 Å². The number of aliphatic hydroxyl groups is 1. The number of benzene rings is 2. The largest absolute Gasteiger partial charge is 0.493 e. The van der Waals surface area contributed by atoms with Gasteiger partial charge in [-0.3, -0.25) is 0 Å². The number of fused-ring (bicyclic) bond motifs is 1. The Labute approximate surface area is 209 Å². The fourth-order valence-corrected chi connectivity index (χ4v) is 9.90. The van der Waals surface area contributed by atoms with Crippen molar-refractivity contribution in [2.75, 3.05) is 13.2 Å². The van der Waals surface area contributed by atoms with Crippen LogP contribution in [-0.2, 0) is 23.4 Å². The lowest BCUT2D eigenvalue weighted by Crippen LogP contribution is -2.67. The summed E-state index contributed by atoms with van der Waals surface area (Å²) >= 11 is 0. The quantitative estimate of drug-likeness (QED) is 0.442. The lowest BCUT2D eigenvalue weighted by molar-refractivity contribution is -0.270. The van der Waals surface area contributed by atoms with E-state index >= 15 is 0 Å². The van der Waals surface area contributed by atoms with E-state index in [4.69, 9.17) is 23.4 Å². The summed E-state index contributed by atoms with van der Waals surface area (Å²) in [4.78, 5) is 0. The monoisotopic (exact) mass is 498 g/mol. The molecule has 1 N–H and O–H groups in total. The minimum Gasteiger partial charge on any atom is -0.493 e. The Bertz CT molecular complexity index is 979. The number of ether oxygens (including phenoxy) is 4. The van der Waals surface area contributed by atoms with Crippen LogP contribution in [0.15, 0.2) is 73.0 Å². The van der Waals surface area contributed by atoms with Crippen molar-refractivity contribution < 1.29 is 28.5 Å². The normalized spacial score (nSPS) is 28.0. The van der Waals surface area contributed by atoms with Crippen LogP contribution in [-0.4, -0.2) is 56.5 Å². The molecular weight excluding hydrogens is 460 g/mol. The van der Waals surface area contributed by atoms with Gasteiger partial charge in [0.1, 0.15) is 12.2 Å². The molecule has 2 aliphatic heterocycles. The summed E-state index contributed by atoms with van der Waals surface area (Å²) in [5.74, 6) is -2.59. The molecule has 0 aromatic heterocycles. The van der Waals surface area contributed by atoms with Gasteiger partial charge in [0.15, 0.2) is 17.7 Å². The molecule has 0 amide bonds. The maximum atomic E-state index is 11.5. The van der Waals surface area contributed by atoms with Crippen LogP contribution in [0, 0.1) is 0 Å². The summed E-state index contributed by atoms with van der Waals surface area (Å²) in [5, 5.41) is 13.6. The van der Waals surface area contributed by atoms with Crippen LogP contribution < -0.4 is 10.4 Å². The molecular formula is C28H38O6Si. The molecule has 2 aromatic rings. The van der Waals surface area contributed by atoms with Crippen LogP contribution in [0.25, 0.3) is 0 Å². The van der Waals surface area contributed by atoms with Crippen LogP contribution in [0.5, 0.6) is 0 Å². The summed E-state index contributed by atoms with van der Waals surface area (Å²) in [6.45, 7) is 16.7. The second-order valence-electron chi connectivity index (χ2n) is 10.7. The third-order valence-electron chi connectivity index (χ3n) is 6.81. The van der Waals surface area contributed by atoms with Gasteiger partial charge in [0.25, 0.3) is 14.1 Å². The Hall–Kier alpha value is -2.00. The lowest BCUT2D eigenvalue weighted by Gasteiger charge is -2.43. The Morgan fingerprint density at radius 1 is 0.971 bits per heavy atom. The molecule has 0 bridgehead atoms. The fraction of sp³-hybridized carbons (Fsp3) is 0.500. The van der Waals surface area contributed by atoms with E-state index in [1.807, 2.05) is 32.9 Å². The zero-order chi connectivity index (χ0) is 25.5. The predicted molar refractivity (Wildman–Crippen MR) is 138 cm³/mol. The Morgan fingerprint density at radius 3 is 2.00 bits per heavy atom. The first-order valence-electron chi connectivity index (χ1n) is 12.3. The molecule has 2 saturated heterocycles. The van der Waals surface area contributed by atoms with Gasteiger partial charge < -0.3 is 28.5 Å². The molecule has 0 radical (unpaired) electrons. The van der Waals surface area contributed by atoms with E-state index in [0.29, 0.717) is 6.61 Å². The molecule has 190 valence electrons. The average Bonchev–Trinajstić information content (AvgIpc) is 3.27. The van der Waals surface area contributed by atoms with Gasteiger partial charge in [-0.2, -0.15) is 0 Å². The Kier molecular flexibility index (Phi) is 7.05. The van der Waals surface area contributed by atoms with Crippen molar-refractivity contribution in [1.29, 1.82) is 0 Å². The highest BCUT2D eigenvalue weighted by Gasteiger charge is 2.65. The average molecular weight is 499 g/mol. The third-order valence-corrected chi connectivity index (χ3v) is 11.8. The molecule has 1 unspecified atom stereocenters. The number of hydrogen-bond acceptors (Lipinski definition) is 6. The van der Waals surface area contributed by atoms with E-state index in [-0.39, 0.29) is 17.4 Å². The minimum atomic E-state index is -2.80. The summed E-state index contributed by atoms with van der Waals surface area (Å²) < 4.78 is 31.1. The molecule has 6 nitrogen and oxygen atoms in total. The van der Waals surface area contributed by atoms with Crippen molar-refractivity contribution in [3.05, 3.63) is 73.0 Å². The van der Waals surface area contributed by atoms with Gasteiger partial charge in [-0.15, -0.1) is 0 Å². The molecule has 2 aromatic carbocycles. The van der Waals surface area contributed by atoms with E-state index < -0.39 is 38.2 Å². The van der Waals surface area contributed by atoms with Crippen LogP contribution in [0.3, 0.4) is 0 Å². The lowest BCUT2D eigenvalue weighted by atomic mass is 10.0. The summed E-state index contributed by atoms with van der Waals surface area (Å²) in [5.41, 5.74) is 0. The van der Waals surface area contributed by atoms with Gasteiger partial charge in [0.2, 0.25) is 0 Å². The fourth-order valence-electron chi connectivity index (χ4n) is 5.33. The number of hydrogen-bond donors (Lipinski definition) is 1. The Balaban J connectivity index is 1.72. The second kappa shape index (κ2) is 9.46. The van der Waals surface area contributed by atoms with E-state index in [1.54, 1.807) is 0 Å². The van der Waals surface area contributed by atoms with Gasteiger partial charge in [-0.1, -0.05) is 88.0 Å². The smallest absolute Gasteiger partial charge is 0.261 e. The predicted octanol–water partition coefficient (Wildman–Crippen LogP) is 3.72. The van der Waals surface area contributed by atoms with E-state index in [2.05, 4.69) is 75.9 Å². The molecule has 2 aliphatic rings. The minimum absolute atomic E-state index is 0.115. The summed E-state index contributed by atoms with van der Waals surface area (Å²) in [7, 11) is -2.80. The van der Waals surface area contributed by atoms with Crippen LogP contribution in [0.4, 0.5) is 0 Å². The van der Waals surface area contributed by atoms with Crippen LogP contribution in [0.2, 0.25) is 5.04 Å². The van der Waals surface area contributed by atoms with Gasteiger partial charge in [0, 0.05) is 0 Å². The van der Waals surface area contributed by atoms with Crippen molar-refractivity contribution in [3.63, 3.8) is 0 Å². The van der Waals surface area contributed by atoms with E-state index in [0.717, 1.165) is 0 Å². The maximum absolute atomic E-state index is 11.5. The summed E-state index contributed by atoms with van der Waals surface area (Å²) in [6.07, 6.45) is -1.89. The van der Waals surface area contributed by atoms with E-state index in [1.165, 1.54) is 10.4 Å². The molecule has 0 spiro atoms. The Morgan fingerprint density at radius 2 is 1.51 bits per heavy atom. The molecule has 0 saturated carbocycles. The number of rotatable bonds is 8. The SMILES string of the molecule is C=C(OCC)C1(O)O[C@H](CO[Si](c2ccccc2)(c2ccccc2)C(C)(C)C)[C@@H]2OC(C)(C)O[C@@H]21. The third kappa shape index (κ3) is 4.61.